The van der Waals surface area contributed by atoms with Crippen molar-refractivity contribution in [2.24, 2.45) is 0 Å². The summed E-state index contributed by atoms with van der Waals surface area (Å²) in [7, 11) is 0. The van der Waals surface area contributed by atoms with Gasteiger partial charge in [0.2, 0.25) is 5.91 Å². The van der Waals surface area contributed by atoms with Crippen molar-refractivity contribution in [3.8, 4) is 0 Å². The first-order valence-electron chi connectivity index (χ1n) is 8.43. The van der Waals surface area contributed by atoms with Crippen molar-refractivity contribution in [1.29, 1.82) is 0 Å². The largest absolute Gasteiger partial charge is 0.341 e. The minimum absolute atomic E-state index is 0.0862. The van der Waals surface area contributed by atoms with Gasteiger partial charge in [0.15, 0.2) is 0 Å². The number of unbranched alkanes of at least 4 members (excludes halogenated alkanes) is 5. The zero-order chi connectivity index (χ0) is 16.8. The molecule has 1 atom stereocenters. The normalized spacial score (nSPS) is 16.6. The van der Waals surface area contributed by atoms with E-state index < -0.39 is 6.04 Å². The lowest BCUT2D eigenvalue weighted by Crippen LogP contribution is -2.37. The first kappa shape index (κ1) is 17.8. The summed E-state index contributed by atoms with van der Waals surface area (Å²) >= 11 is 6.31. The number of fused-ring (bicyclic) bond motifs is 1. The summed E-state index contributed by atoms with van der Waals surface area (Å²) in [5, 5.41) is 3.30. The van der Waals surface area contributed by atoms with Crippen LogP contribution in [0.2, 0.25) is 5.02 Å². The number of hydrogen-bond donors (Lipinski definition) is 1. The molecule has 0 radical (unpaired) electrons. The van der Waals surface area contributed by atoms with Gasteiger partial charge in [0.25, 0.3) is 5.91 Å². The highest BCUT2D eigenvalue weighted by atomic mass is 35.5. The Morgan fingerprint density at radius 2 is 1.91 bits per heavy atom. The van der Waals surface area contributed by atoms with Crippen LogP contribution in [0.15, 0.2) is 18.2 Å². The standard InChI is InChI=1S/C18H25ClN2O2/c1-3-4-5-6-7-8-12-21-17-14(10-9-11-15(17)19)16(18(21)23)20-13(2)22/h9-11,16H,3-8,12H2,1-2H3,(H,20,22). The number of anilines is 1. The molecular formula is C18H25ClN2O2. The van der Waals surface area contributed by atoms with E-state index in [4.69, 9.17) is 11.6 Å². The third-order valence-electron chi connectivity index (χ3n) is 4.19. The van der Waals surface area contributed by atoms with Gasteiger partial charge in [-0.3, -0.25) is 9.59 Å². The minimum Gasteiger partial charge on any atom is -0.341 e. The number of carbonyl (C=O) groups excluding carboxylic acids is 2. The predicted molar refractivity (Wildman–Crippen MR) is 93.7 cm³/mol. The van der Waals surface area contributed by atoms with Crippen LogP contribution in [0.25, 0.3) is 0 Å². The average Bonchev–Trinajstić information content (AvgIpc) is 2.77. The maximum atomic E-state index is 12.7. The maximum absolute atomic E-state index is 12.7. The van der Waals surface area contributed by atoms with Crippen LogP contribution in [0.3, 0.4) is 0 Å². The maximum Gasteiger partial charge on any atom is 0.254 e. The van der Waals surface area contributed by atoms with Gasteiger partial charge in [0, 0.05) is 19.0 Å². The van der Waals surface area contributed by atoms with E-state index in [-0.39, 0.29) is 11.8 Å². The summed E-state index contributed by atoms with van der Waals surface area (Å²) in [6, 6.07) is 4.86. The van der Waals surface area contributed by atoms with Crippen molar-refractivity contribution >= 4 is 29.1 Å². The molecule has 23 heavy (non-hydrogen) atoms. The molecule has 4 nitrogen and oxygen atoms in total. The smallest absolute Gasteiger partial charge is 0.254 e. The van der Waals surface area contributed by atoms with Gasteiger partial charge in [-0.25, -0.2) is 0 Å². The Morgan fingerprint density at radius 3 is 2.61 bits per heavy atom. The zero-order valence-electron chi connectivity index (χ0n) is 13.9. The topological polar surface area (TPSA) is 49.4 Å². The zero-order valence-corrected chi connectivity index (χ0v) is 14.7. The molecule has 0 aromatic heterocycles. The predicted octanol–water partition coefficient (Wildman–Crippen LogP) is 4.22. The van der Waals surface area contributed by atoms with Gasteiger partial charge in [-0.2, -0.15) is 0 Å². The quantitative estimate of drug-likeness (QED) is 0.722. The molecule has 1 heterocycles. The van der Waals surface area contributed by atoms with Crippen LogP contribution in [0.1, 0.15) is 64.0 Å². The first-order chi connectivity index (χ1) is 11.1. The second-order valence-corrected chi connectivity index (χ2v) is 6.48. The van der Waals surface area contributed by atoms with Gasteiger partial charge in [0.1, 0.15) is 6.04 Å². The highest BCUT2D eigenvalue weighted by Crippen LogP contribution is 2.41. The van der Waals surface area contributed by atoms with Crippen LogP contribution < -0.4 is 10.2 Å². The Hall–Kier alpha value is -1.55. The van der Waals surface area contributed by atoms with Gasteiger partial charge in [-0.05, 0) is 12.5 Å². The van der Waals surface area contributed by atoms with Crippen molar-refractivity contribution in [3.05, 3.63) is 28.8 Å². The Balaban J connectivity index is 2.05. The number of para-hydroxylation sites is 1. The van der Waals surface area contributed by atoms with E-state index in [0.29, 0.717) is 11.6 Å². The molecule has 0 fully saturated rings. The van der Waals surface area contributed by atoms with Crippen molar-refractivity contribution in [1.82, 2.24) is 5.32 Å². The Bertz CT molecular complexity index is 574. The van der Waals surface area contributed by atoms with Gasteiger partial charge >= 0.3 is 0 Å². The van der Waals surface area contributed by atoms with Crippen molar-refractivity contribution < 1.29 is 9.59 Å². The fourth-order valence-corrected chi connectivity index (χ4v) is 3.35. The monoisotopic (exact) mass is 336 g/mol. The van der Waals surface area contributed by atoms with Gasteiger partial charge in [-0.15, -0.1) is 0 Å². The lowest BCUT2D eigenvalue weighted by molar-refractivity contribution is -0.126. The third-order valence-corrected chi connectivity index (χ3v) is 4.50. The Labute approximate surface area is 143 Å². The van der Waals surface area contributed by atoms with Crippen LogP contribution >= 0.6 is 11.6 Å². The summed E-state index contributed by atoms with van der Waals surface area (Å²) in [4.78, 5) is 25.8. The molecule has 1 aromatic carbocycles. The van der Waals surface area contributed by atoms with Crippen LogP contribution in [-0.4, -0.2) is 18.4 Å². The molecule has 0 saturated heterocycles. The van der Waals surface area contributed by atoms with Crippen LogP contribution in [0.4, 0.5) is 5.69 Å². The number of hydrogen-bond acceptors (Lipinski definition) is 2. The van der Waals surface area contributed by atoms with Gasteiger partial charge in [-0.1, -0.05) is 62.8 Å². The van der Waals surface area contributed by atoms with E-state index in [0.717, 1.165) is 24.1 Å². The summed E-state index contributed by atoms with van der Waals surface area (Å²) in [6.45, 7) is 4.27. The number of halogens is 1. The van der Waals surface area contributed by atoms with Crippen molar-refractivity contribution in [2.75, 3.05) is 11.4 Å². The molecule has 2 amide bonds. The molecule has 1 N–H and O–H groups in total. The van der Waals surface area contributed by atoms with Crippen LogP contribution in [0, 0.1) is 0 Å². The van der Waals surface area contributed by atoms with Crippen LogP contribution in [-0.2, 0) is 9.59 Å². The Morgan fingerprint density at radius 1 is 1.22 bits per heavy atom. The number of nitrogens with one attached hydrogen (secondary N) is 1. The molecule has 0 saturated carbocycles. The average molecular weight is 337 g/mol. The summed E-state index contributed by atoms with van der Waals surface area (Å²) in [5.41, 5.74) is 1.55. The van der Waals surface area contributed by atoms with E-state index >= 15 is 0 Å². The molecule has 2 rings (SSSR count). The van der Waals surface area contributed by atoms with Gasteiger partial charge in [0.05, 0.1) is 10.7 Å². The molecule has 0 bridgehead atoms. The van der Waals surface area contributed by atoms with E-state index in [1.54, 1.807) is 11.0 Å². The molecule has 5 heteroatoms. The molecule has 1 aliphatic heterocycles. The SMILES string of the molecule is CCCCCCCCN1C(=O)C(NC(C)=O)c2cccc(Cl)c21. The van der Waals surface area contributed by atoms with E-state index in [9.17, 15) is 9.59 Å². The van der Waals surface area contributed by atoms with E-state index in [1.807, 2.05) is 12.1 Å². The number of carbonyl (C=O) groups is 2. The lowest BCUT2D eigenvalue weighted by Gasteiger charge is -2.19. The van der Waals surface area contributed by atoms with E-state index in [2.05, 4.69) is 12.2 Å². The lowest BCUT2D eigenvalue weighted by atomic mass is 10.1. The highest BCUT2D eigenvalue weighted by molar-refractivity contribution is 6.34. The molecule has 126 valence electrons. The number of amides is 2. The molecule has 0 aliphatic carbocycles. The van der Waals surface area contributed by atoms with Gasteiger partial charge < -0.3 is 10.2 Å². The summed E-state index contributed by atoms with van der Waals surface area (Å²) in [6.07, 6.45) is 6.99. The molecule has 1 unspecified atom stereocenters. The van der Waals surface area contributed by atoms with Crippen molar-refractivity contribution in [2.45, 2.75) is 58.4 Å². The second kappa shape index (κ2) is 8.34. The third kappa shape index (κ3) is 4.25. The molecule has 0 spiro atoms. The number of rotatable bonds is 8. The minimum atomic E-state index is -0.610. The second-order valence-electron chi connectivity index (χ2n) is 6.07. The highest BCUT2D eigenvalue weighted by Gasteiger charge is 2.38. The molecule has 1 aromatic rings. The molecule has 1 aliphatic rings. The van der Waals surface area contributed by atoms with Crippen molar-refractivity contribution in [3.63, 3.8) is 0 Å². The first-order valence-corrected chi connectivity index (χ1v) is 8.81. The summed E-state index contributed by atoms with van der Waals surface area (Å²) in [5.74, 6) is -0.299. The fraction of sp³-hybridized carbons (Fsp3) is 0.556. The Kier molecular flexibility index (Phi) is 6.46. The van der Waals surface area contributed by atoms with Crippen LogP contribution in [0.5, 0.6) is 0 Å². The number of nitrogens with zero attached hydrogens (tertiary/aromatic N) is 1. The van der Waals surface area contributed by atoms with E-state index in [1.165, 1.54) is 32.6 Å². The molecular weight excluding hydrogens is 312 g/mol. The summed E-state index contributed by atoms with van der Waals surface area (Å²) < 4.78 is 0. The number of benzene rings is 1. The fourth-order valence-electron chi connectivity index (χ4n) is 3.06.